The van der Waals surface area contributed by atoms with E-state index in [-0.39, 0.29) is 11.2 Å². The van der Waals surface area contributed by atoms with Gasteiger partial charge in [0.05, 0.1) is 36.0 Å². The summed E-state index contributed by atoms with van der Waals surface area (Å²) in [7, 11) is 4.79. The molecule has 0 unspecified atom stereocenters. The fourth-order valence-electron chi connectivity index (χ4n) is 4.55. The minimum atomic E-state index is -0.510. The maximum absolute atomic E-state index is 13.4. The van der Waals surface area contributed by atoms with Crippen LogP contribution in [0.3, 0.4) is 0 Å². The van der Waals surface area contributed by atoms with Gasteiger partial charge in [0.1, 0.15) is 11.9 Å². The normalized spacial score (nSPS) is 15.7. The Labute approximate surface area is 189 Å². The first kappa shape index (κ1) is 20.6. The number of benzene rings is 2. The Kier molecular flexibility index (Phi) is 4.95. The lowest BCUT2D eigenvalue weighted by molar-refractivity contribution is 0.0479. The Morgan fingerprint density at radius 1 is 1.03 bits per heavy atom. The Morgan fingerprint density at radius 2 is 1.75 bits per heavy atom. The van der Waals surface area contributed by atoms with Crippen molar-refractivity contribution in [1.29, 1.82) is 0 Å². The third kappa shape index (κ3) is 2.92. The van der Waals surface area contributed by atoms with E-state index in [4.69, 9.17) is 21.1 Å². The third-order valence-corrected chi connectivity index (χ3v) is 6.45. The summed E-state index contributed by atoms with van der Waals surface area (Å²) in [6.07, 6.45) is -0.510. The van der Waals surface area contributed by atoms with E-state index in [1.165, 1.54) is 11.6 Å². The average Bonchev–Trinajstić information content (AvgIpc) is 3.17. The van der Waals surface area contributed by atoms with Gasteiger partial charge in [0.15, 0.2) is 0 Å². The molecule has 0 bridgehead atoms. The average molecular weight is 452 g/mol. The minimum Gasteiger partial charge on any atom is -0.497 e. The van der Waals surface area contributed by atoms with Crippen LogP contribution in [0.25, 0.3) is 22.2 Å². The predicted molar refractivity (Wildman–Crippen MR) is 124 cm³/mol. The van der Waals surface area contributed by atoms with Crippen molar-refractivity contribution in [2.75, 3.05) is 13.7 Å². The Balaban J connectivity index is 1.93. The van der Waals surface area contributed by atoms with Gasteiger partial charge in [-0.3, -0.25) is 13.9 Å². The smallest absolute Gasteiger partial charge is 0.331 e. The fourth-order valence-corrected chi connectivity index (χ4v) is 4.79. The first-order chi connectivity index (χ1) is 15.4. The zero-order valence-electron chi connectivity index (χ0n) is 18.0. The molecule has 0 N–H and O–H groups in total. The van der Waals surface area contributed by atoms with E-state index in [1.54, 1.807) is 14.2 Å². The van der Waals surface area contributed by atoms with Gasteiger partial charge < -0.3 is 14.0 Å². The van der Waals surface area contributed by atoms with Crippen LogP contribution in [0.1, 0.15) is 17.4 Å². The lowest BCUT2D eigenvalue weighted by Gasteiger charge is -2.28. The van der Waals surface area contributed by atoms with Gasteiger partial charge in [0.25, 0.3) is 5.56 Å². The highest BCUT2D eigenvalue weighted by Crippen LogP contribution is 2.42. The maximum Gasteiger partial charge on any atom is 0.331 e. The first-order valence-corrected chi connectivity index (χ1v) is 10.6. The molecule has 3 heterocycles. The quantitative estimate of drug-likeness (QED) is 0.478. The molecule has 0 saturated heterocycles. The molecule has 0 amide bonds. The molecule has 1 aliphatic rings. The predicted octanol–water partition coefficient (Wildman–Crippen LogP) is 3.49. The molecule has 5 rings (SSSR count). The van der Waals surface area contributed by atoms with Gasteiger partial charge in [0.2, 0.25) is 0 Å². The van der Waals surface area contributed by atoms with Gasteiger partial charge in [0, 0.05) is 31.2 Å². The second-order valence-corrected chi connectivity index (χ2v) is 8.22. The van der Waals surface area contributed by atoms with Crippen LogP contribution in [0.15, 0.2) is 58.1 Å². The zero-order valence-corrected chi connectivity index (χ0v) is 18.7. The number of ether oxygens (including phenoxy) is 2. The van der Waals surface area contributed by atoms with Crippen LogP contribution >= 0.6 is 11.6 Å². The van der Waals surface area contributed by atoms with E-state index >= 15 is 0 Å². The molecule has 1 atom stereocenters. The van der Waals surface area contributed by atoms with Gasteiger partial charge in [-0.15, -0.1) is 0 Å². The highest BCUT2D eigenvalue weighted by molar-refractivity contribution is 6.31. The molecule has 0 saturated carbocycles. The molecule has 164 valence electrons. The summed E-state index contributed by atoms with van der Waals surface area (Å²) in [5.41, 5.74) is 3.00. The molecule has 32 heavy (non-hydrogen) atoms. The molecule has 0 fully saturated rings. The molecule has 1 aliphatic heterocycles. The number of aromatic nitrogens is 3. The van der Waals surface area contributed by atoms with Crippen LogP contribution in [0.2, 0.25) is 5.02 Å². The minimum absolute atomic E-state index is 0.339. The summed E-state index contributed by atoms with van der Waals surface area (Å²) < 4.78 is 16.2. The Morgan fingerprint density at radius 3 is 2.44 bits per heavy atom. The summed E-state index contributed by atoms with van der Waals surface area (Å²) in [6, 6.07) is 15.0. The number of hydrogen-bond acceptors (Lipinski definition) is 4. The van der Waals surface area contributed by atoms with Crippen molar-refractivity contribution in [3.8, 4) is 17.0 Å². The first-order valence-electron chi connectivity index (χ1n) is 10.3. The maximum atomic E-state index is 13.4. The van der Waals surface area contributed by atoms with E-state index in [0.29, 0.717) is 29.1 Å². The molecule has 7 nitrogen and oxygen atoms in total. The van der Waals surface area contributed by atoms with E-state index in [1.807, 2.05) is 48.5 Å². The second kappa shape index (κ2) is 7.69. The van der Waals surface area contributed by atoms with Gasteiger partial charge in [-0.05, 0) is 35.9 Å². The third-order valence-electron chi connectivity index (χ3n) is 6.10. The molecule has 0 aliphatic carbocycles. The number of rotatable bonds is 3. The summed E-state index contributed by atoms with van der Waals surface area (Å²) in [4.78, 5) is 26.3. The number of fused-ring (bicyclic) bond motifs is 3. The molecule has 2 aromatic heterocycles. The van der Waals surface area contributed by atoms with Crippen LogP contribution in [0, 0.1) is 0 Å². The van der Waals surface area contributed by atoms with Crippen LogP contribution in [0.4, 0.5) is 0 Å². The Hall–Kier alpha value is -3.29. The lowest BCUT2D eigenvalue weighted by Crippen LogP contribution is -2.37. The van der Waals surface area contributed by atoms with Gasteiger partial charge in [-0.2, -0.15) is 0 Å². The van der Waals surface area contributed by atoms with Crippen molar-refractivity contribution in [2.24, 2.45) is 14.1 Å². The van der Waals surface area contributed by atoms with Gasteiger partial charge >= 0.3 is 5.69 Å². The number of nitrogens with zero attached hydrogens (tertiary/aromatic N) is 3. The Bertz CT molecular complexity index is 1460. The van der Waals surface area contributed by atoms with Gasteiger partial charge in [-0.25, -0.2) is 4.79 Å². The number of halogens is 1. The molecular weight excluding hydrogens is 430 g/mol. The van der Waals surface area contributed by atoms with E-state index in [2.05, 4.69) is 4.57 Å². The van der Waals surface area contributed by atoms with E-state index in [0.717, 1.165) is 32.8 Å². The monoisotopic (exact) mass is 451 g/mol. The molecule has 0 spiro atoms. The second-order valence-electron chi connectivity index (χ2n) is 7.82. The molecule has 8 heteroatoms. The van der Waals surface area contributed by atoms with Gasteiger partial charge in [-0.1, -0.05) is 29.8 Å². The molecule has 4 aromatic rings. The van der Waals surface area contributed by atoms with E-state index in [9.17, 15) is 9.59 Å². The van der Waals surface area contributed by atoms with Crippen molar-refractivity contribution in [3.05, 3.63) is 85.6 Å². The molecule has 0 radical (unpaired) electrons. The standard InChI is InChI=1S/C24H22ClN3O4/c1-26-20-18(23(29)27(2)24(26)30)19(14-8-10-15(31-3)11-9-14)28-12-13-32-22(21(20)28)16-6-4-5-7-17(16)25/h4-11,22H,12-13H2,1-3H3/t22-/m1/s1. The lowest BCUT2D eigenvalue weighted by atomic mass is 10.0. The van der Waals surface area contributed by atoms with Crippen molar-refractivity contribution in [1.82, 2.24) is 13.7 Å². The highest BCUT2D eigenvalue weighted by atomic mass is 35.5. The van der Waals surface area contributed by atoms with Crippen LogP contribution in [-0.4, -0.2) is 27.4 Å². The zero-order chi connectivity index (χ0) is 22.6. The van der Waals surface area contributed by atoms with Crippen molar-refractivity contribution >= 4 is 22.5 Å². The number of methoxy groups -OCH3 is 1. The van der Waals surface area contributed by atoms with Crippen molar-refractivity contribution < 1.29 is 9.47 Å². The van der Waals surface area contributed by atoms with Crippen molar-refractivity contribution in [3.63, 3.8) is 0 Å². The van der Waals surface area contributed by atoms with Crippen LogP contribution < -0.4 is 16.0 Å². The number of hydrogen-bond donors (Lipinski definition) is 0. The SMILES string of the molecule is COc1ccc(-c2c3c(=O)n(C)c(=O)n(C)c3c3n2CCO[C@@H]3c2ccccc2Cl)cc1. The summed E-state index contributed by atoms with van der Waals surface area (Å²) >= 11 is 6.52. The summed E-state index contributed by atoms with van der Waals surface area (Å²) in [5, 5.41) is 1.05. The topological polar surface area (TPSA) is 67.4 Å². The highest BCUT2D eigenvalue weighted by Gasteiger charge is 2.33. The van der Waals surface area contributed by atoms with Crippen LogP contribution in [-0.2, 0) is 25.4 Å². The largest absolute Gasteiger partial charge is 0.497 e. The summed E-state index contributed by atoms with van der Waals surface area (Å²) in [5.74, 6) is 0.723. The van der Waals surface area contributed by atoms with E-state index < -0.39 is 6.10 Å². The van der Waals surface area contributed by atoms with Crippen LogP contribution in [0.5, 0.6) is 5.75 Å². The number of aryl methyl sites for hydroxylation is 1. The van der Waals surface area contributed by atoms with Crippen molar-refractivity contribution in [2.45, 2.75) is 12.6 Å². The fraction of sp³-hybridized carbons (Fsp3) is 0.250. The molecular formula is C24H22ClN3O4. The summed E-state index contributed by atoms with van der Waals surface area (Å²) in [6.45, 7) is 0.991. The molecule has 2 aromatic carbocycles.